The first-order valence-electron chi connectivity index (χ1n) is 6.28. The van der Waals surface area contributed by atoms with Gasteiger partial charge in [0.2, 0.25) is 0 Å². The van der Waals surface area contributed by atoms with E-state index in [1.807, 2.05) is 12.1 Å². The minimum absolute atomic E-state index is 0.243. The van der Waals surface area contributed by atoms with E-state index in [0.29, 0.717) is 17.5 Å². The van der Waals surface area contributed by atoms with E-state index >= 15 is 0 Å². The van der Waals surface area contributed by atoms with Crippen molar-refractivity contribution in [2.45, 2.75) is 12.5 Å². The molecule has 0 amide bonds. The molecule has 4 heteroatoms. The summed E-state index contributed by atoms with van der Waals surface area (Å²) < 4.78 is 5.34. The number of carbonyl (C=O) groups is 2. The third kappa shape index (κ3) is 2.05. The highest BCUT2D eigenvalue weighted by Gasteiger charge is 2.31. The van der Waals surface area contributed by atoms with Crippen molar-refractivity contribution in [1.82, 2.24) is 0 Å². The van der Waals surface area contributed by atoms with Gasteiger partial charge in [-0.2, -0.15) is 0 Å². The Balaban J connectivity index is 1.94. The van der Waals surface area contributed by atoms with E-state index in [9.17, 15) is 14.7 Å². The molecule has 1 N–H and O–H groups in total. The Hall–Kier alpha value is -2.62. The van der Waals surface area contributed by atoms with Gasteiger partial charge in [0.1, 0.15) is 6.10 Å². The van der Waals surface area contributed by atoms with Crippen LogP contribution in [0.15, 0.2) is 48.5 Å². The second kappa shape index (κ2) is 4.81. The molecule has 1 unspecified atom stereocenters. The van der Waals surface area contributed by atoms with Gasteiger partial charge in [-0.15, -0.1) is 0 Å². The quantitative estimate of drug-likeness (QED) is 0.869. The van der Waals surface area contributed by atoms with Crippen LogP contribution in [0.5, 0.6) is 0 Å². The van der Waals surface area contributed by atoms with Crippen molar-refractivity contribution in [2.24, 2.45) is 0 Å². The van der Waals surface area contributed by atoms with Crippen LogP contribution in [0.3, 0.4) is 0 Å². The largest absolute Gasteiger partial charge is 0.478 e. The number of fused-ring (bicyclic) bond motifs is 1. The van der Waals surface area contributed by atoms with Crippen LogP contribution in [0.1, 0.15) is 37.9 Å². The monoisotopic (exact) mass is 268 g/mol. The number of benzene rings is 2. The first kappa shape index (κ1) is 12.4. The molecule has 3 rings (SSSR count). The standard InChI is InChI=1S/C16H12O4/c17-15(18)11-6-2-1-5-10(11)9-14-12-7-3-4-8-13(12)16(19)20-14/h1-8,14H,9H2,(H,17,18). The Morgan fingerprint density at radius 2 is 1.80 bits per heavy atom. The van der Waals surface area contributed by atoms with Crippen molar-refractivity contribution in [2.75, 3.05) is 0 Å². The van der Waals surface area contributed by atoms with Crippen LogP contribution in [-0.4, -0.2) is 17.0 Å². The van der Waals surface area contributed by atoms with Crippen molar-refractivity contribution in [3.05, 3.63) is 70.8 Å². The van der Waals surface area contributed by atoms with Crippen molar-refractivity contribution in [1.29, 1.82) is 0 Å². The van der Waals surface area contributed by atoms with Crippen LogP contribution >= 0.6 is 0 Å². The van der Waals surface area contributed by atoms with E-state index in [4.69, 9.17) is 4.74 Å². The van der Waals surface area contributed by atoms with E-state index in [1.54, 1.807) is 36.4 Å². The maximum absolute atomic E-state index is 11.7. The summed E-state index contributed by atoms with van der Waals surface area (Å²) in [6.07, 6.45) is -0.0511. The number of carboxylic acids is 1. The molecule has 1 aliphatic heterocycles. The fourth-order valence-corrected chi connectivity index (χ4v) is 2.48. The van der Waals surface area contributed by atoms with Crippen LogP contribution in [0.4, 0.5) is 0 Å². The SMILES string of the molecule is O=C(O)c1ccccc1CC1OC(=O)c2ccccc21. The number of carbonyl (C=O) groups excluding carboxylic acids is 1. The molecular formula is C16H12O4. The fourth-order valence-electron chi connectivity index (χ4n) is 2.48. The molecule has 0 saturated heterocycles. The van der Waals surface area contributed by atoms with Gasteiger partial charge < -0.3 is 9.84 Å². The van der Waals surface area contributed by atoms with E-state index < -0.39 is 12.1 Å². The minimum atomic E-state index is -0.974. The number of hydrogen-bond acceptors (Lipinski definition) is 3. The van der Waals surface area contributed by atoms with E-state index in [2.05, 4.69) is 0 Å². The van der Waals surface area contributed by atoms with Crippen LogP contribution < -0.4 is 0 Å². The third-order valence-corrected chi connectivity index (χ3v) is 3.43. The van der Waals surface area contributed by atoms with Crippen molar-refractivity contribution < 1.29 is 19.4 Å². The highest BCUT2D eigenvalue weighted by molar-refractivity contribution is 5.94. The van der Waals surface area contributed by atoms with Crippen molar-refractivity contribution in [3.8, 4) is 0 Å². The molecule has 0 saturated carbocycles. The average Bonchev–Trinajstić information content (AvgIpc) is 2.76. The lowest BCUT2D eigenvalue weighted by molar-refractivity contribution is 0.0387. The fraction of sp³-hybridized carbons (Fsp3) is 0.125. The maximum atomic E-state index is 11.7. The molecule has 0 spiro atoms. The molecule has 0 aliphatic carbocycles. The number of hydrogen-bond donors (Lipinski definition) is 1. The number of ether oxygens (including phenoxy) is 1. The first-order chi connectivity index (χ1) is 9.66. The second-order valence-electron chi connectivity index (χ2n) is 4.65. The van der Waals surface area contributed by atoms with Gasteiger partial charge >= 0.3 is 11.9 Å². The predicted molar refractivity (Wildman–Crippen MR) is 71.7 cm³/mol. The Kier molecular flexibility index (Phi) is 2.99. The Labute approximate surface area is 115 Å². The lowest BCUT2D eigenvalue weighted by Gasteiger charge is -2.12. The third-order valence-electron chi connectivity index (χ3n) is 3.43. The first-order valence-corrected chi connectivity index (χ1v) is 6.28. The molecule has 0 bridgehead atoms. The Morgan fingerprint density at radius 1 is 1.10 bits per heavy atom. The molecule has 2 aromatic rings. The van der Waals surface area contributed by atoms with Crippen molar-refractivity contribution in [3.63, 3.8) is 0 Å². The summed E-state index contributed by atoms with van der Waals surface area (Å²) in [5.41, 5.74) is 2.28. The summed E-state index contributed by atoms with van der Waals surface area (Å²) in [4.78, 5) is 22.9. The zero-order chi connectivity index (χ0) is 14.1. The van der Waals surface area contributed by atoms with E-state index in [-0.39, 0.29) is 11.5 Å². The molecule has 0 radical (unpaired) electrons. The second-order valence-corrected chi connectivity index (χ2v) is 4.65. The van der Waals surface area contributed by atoms with Crippen LogP contribution in [0, 0.1) is 0 Å². The van der Waals surface area contributed by atoms with Crippen LogP contribution in [-0.2, 0) is 11.2 Å². The topological polar surface area (TPSA) is 63.6 Å². The predicted octanol–water partition coefficient (Wildman–Crippen LogP) is 2.84. The van der Waals surface area contributed by atoms with Gasteiger partial charge in [-0.1, -0.05) is 36.4 Å². The highest BCUT2D eigenvalue weighted by atomic mass is 16.5. The molecule has 2 aromatic carbocycles. The van der Waals surface area contributed by atoms with Gasteiger partial charge in [-0.3, -0.25) is 0 Å². The maximum Gasteiger partial charge on any atom is 0.339 e. The average molecular weight is 268 g/mol. The molecule has 4 nitrogen and oxygen atoms in total. The number of aromatic carboxylic acids is 1. The zero-order valence-electron chi connectivity index (χ0n) is 10.6. The van der Waals surface area contributed by atoms with Gasteiger partial charge in [0.25, 0.3) is 0 Å². The molecule has 100 valence electrons. The smallest absolute Gasteiger partial charge is 0.339 e. The summed E-state index contributed by atoms with van der Waals surface area (Å²) in [6, 6.07) is 14.0. The highest BCUT2D eigenvalue weighted by Crippen LogP contribution is 2.33. The summed E-state index contributed by atoms with van der Waals surface area (Å²) in [5.74, 6) is -1.32. The normalized spacial score (nSPS) is 16.6. The summed E-state index contributed by atoms with van der Waals surface area (Å²) in [7, 11) is 0. The van der Waals surface area contributed by atoms with Gasteiger partial charge in [-0.05, 0) is 17.7 Å². The summed E-state index contributed by atoms with van der Waals surface area (Å²) in [6.45, 7) is 0. The molecule has 20 heavy (non-hydrogen) atoms. The molecule has 1 aliphatic rings. The number of cyclic esters (lactones) is 1. The Morgan fingerprint density at radius 3 is 2.60 bits per heavy atom. The van der Waals surface area contributed by atoms with Crippen LogP contribution in [0.25, 0.3) is 0 Å². The minimum Gasteiger partial charge on any atom is -0.478 e. The zero-order valence-corrected chi connectivity index (χ0v) is 10.6. The molecule has 1 heterocycles. The van der Waals surface area contributed by atoms with Crippen molar-refractivity contribution >= 4 is 11.9 Å². The van der Waals surface area contributed by atoms with Gasteiger partial charge in [0, 0.05) is 12.0 Å². The Bertz CT molecular complexity index is 690. The molecule has 1 atom stereocenters. The lowest BCUT2D eigenvalue weighted by atomic mass is 9.96. The number of esters is 1. The van der Waals surface area contributed by atoms with E-state index in [1.165, 1.54) is 0 Å². The van der Waals surface area contributed by atoms with Gasteiger partial charge in [-0.25, -0.2) is 9.59 Å². The van der Waals surface area contributed by atoms with E-state index in [0.717, 1.165) is 5.56 Å². The van der Waals surface area contributed by atoms with Gasteiger partial charge in [0.15, 0.2) is 0 Å². The number of rotatable bonds is 3. The van der Waals surface area contributed by atoms with Crippen LogP contribution in [0.2, 0.25) is 0 Å². The summed E-state index contributed by atoms with van der Waals surface area (Å²) in [5, 5.41) is 9.18. The molecule has 0 fully saturated rings. The van der Waals surface area contributed by atoms with Gasteiger partial charge in [0.05, 0.1) is 11.1 Å². The number of carboxylic acid groups (broad SMARTS) is 1. The summed E-state index contributed by atoms with van der Waals surface area (Å²) >= 11 is 0. The molecule has 0 aromatic heterocycles. The molecular weight excluding hydrogens is 256 g/mol. The lowest BCUT2D eigenvalue weighted by Crippen LogP contribution is -2.08.